The van der Waals surface area contributed by atoms with Crippen LogP contribution in [0.3, 0.4) is 0 Å². The van der Waals surface area contributed by atoms with Crippen molar-refractivity contribution in [1.82, 2.24) is 28.2 Å². The third-order valence-electron chi connectivity index (χ3n) is 16.4. The molecule has 0 spiro atoms. The number of nitriles is 1. The summed E-state index contributed by atoms with van der Waals surface area (Å²) in [5, 5.41) is 24.2. The molecule has 16 aromatic rings. The highest BCUT2D eigenvalue weighted by atomic mass is 28.3. The third kappa shape index (κ3) is 6.51. The molecule has 79 heavy (non-hydrogen) atoms. The van der Waals surface area contributed by atoms with Gasteiger partial charge in [-0.05, 0) is 87.5 Å². The largest absolute Gasteiger partial charge is 0.309 e. The van der Waals surface area contributed by atoms with E-state index in [4.69, 9.17) is 9.97 Å². The van der Waals surface area contributed by atoms with E-state index in [1.807, 2.05) is 12.1 Å². The zero-order valence-electron chi connectivity index (χ0n) is 42.6. The first-order valence-corrected chi connectivity index (χ1v) is 28.7. The Morgan fingerprint density at radius 3 is 1.25 bits per heavy atom. The predicted octanol–water partition coefficient (Wildman–Crippen LogP) is 14.1. The second kappa shape index (κ2) is 17.5. The van der Waals surface area contributed by atoms with Crippen molar-refractivity contribution in [1.29, 1.82) is 5.26 Å². The van der Waals surface area contributed by atoms with Gasteiger partial charge in [0, 0.05) is 54.8 Å². The predicted molar refractivity (Wildman–Crippen MR) is 328 cm³/mol. The Kier molecular flexibility index (Phi) is 9.89. The lowest BCUT2D eigenvalue weighted by Gasteiger charge is -2.34. The standard InChI is InChI=1S/C71H45N7Si/c72-46-47-39-41-65-59(43-47)56-32-13-17-36-62(56)77(65)68-45-67(76-60-34-15-10-29-53(60)54-30-11-16-35-61(54)76)73-71(74-68)78-63-37-18-12-31-55(63)57-40-42-66-69(70(57)78)58-33-14-19-38-64(58)75(66)48-21-20-28-52(44-48)79(49-22-4-1-5-23-49,50-24-6-2-7-25-50)51-26-8-3-9-27-51/h1-45H. The number of para-hydroxylation sites is 5. The minimum atomic E-state index is -2.88. The highest BCUT2D eigenvalue weighted by Crippen LogP contribution is 2.43. The van der Waals surface area contributed by atoms with Gasteiger partial charge < -0.3 is 4.57 Å². The van der Waals surface area contributed by atoms with Crippen LogP contribution in [-0.4, -0.2) is 36.3 Å². The van der Waals surface area contributed by atoms with Crippen LogP contribution >= 0.6 is 0 Å². The number of nitrogens with zero attached hydrogens (tertiary/aromatic N) is 7. The van der Waals surface area contributed by atoms with Gasteiger partial charge in [0.25, 0.3) is 0 Å². The van der Waals surface area contributed by atoms with Crippen LogP contribution < -0.4 is 20.7 Å². The van der Waals surface area contributed by atoms with Crippen LogP contribution in [0.15, 0.2) is 273 Å². The molecular weight excluding hydrogens is 979 g/mol. The van der Waals surface area contributed by atoms with Crippen molar-refractivity contribution >= 4 is 116 Å². The summed E-state index contributed by atoms with van der Waals surface area (Å²) >= 11 is 0. The van der Waals surface area contributed by atoms with Gasteiger partial charge in [-0.3, -0.25) is 13.7 Å². The maximum absolute atomic E-state index is 10.1. The van der Waals surface area contributed by atoms with Crippen LogP contribution in [-0.2, 0) is 0 Å². The van der Waals surface area contributed by atoms with E-state index >= 15 is 0 Å². The molecule has 0 saturated carbocycles. The van der Waals surface area contributed by atoms with Gasteiger partial charge in [-0.1, -0.05) is 200 Å². The smallest absolute Gasteiger partial charge is 0.238 e. The van der Waals surface area contributed by atoms with Crippen molar-refractivity contribution in [2.24, 2.45) is 0 Å². The Morgan fingerprint density at radius 1 is 0.304 bits per heavy atom. The first kappa shape index (κ1) is 44.7. The van der Waals surface area contributed by atoms with Crippen molar-refractivity contribution in [3.05, 3.63) is 279 Å². The fourth-order valence-electron chi connectivity index (χ4n) is 13.1. The normalized spacial score (nSPS) is 12.0. The topological polar surface area (TPSA) is 69.3 Å². The van der Waals surface area contributed by atoms with Crippen LogP contribution in [0.25, 0.3) is 110 Å². The van der Waals surface area contributed by atoms with E-state index < -0.39 is 8.07 Å². The molecule has 0 unspecified atom stereocenters. The molecule has 368 valence electrons. The van der Waals surface area contributed by atoms with E-state index in [-0.39, 0.29) is 0 Å². The van der Waals surface area contributed by atoms with Crippen molar-refractivity contribution in [3.8, 4) is 29.3 Å². The summed E-state index contributed by atoms with van der Waals surface area (Å²) in [6, 6.07) is 101. The zero-order valence-corrected chi connectivity index (χ0v) is 43.6. The molecule has 16 rings (SSSR count). The van der Waals surface area contributed by atoms with Crippen molar-refractivity contribution < 1.29 is 0 Å². The van der Waals surface area contributed by atoms with Gasteiger partial charge in [-0.15, -0.1) is 0 Å². The molecule has 0 bridgehead atoms. The number of rotatable bonds is 8. The van der Waals surface area contributed by atoms with Crippen molar-refractivity contribution in [2.75, 3.05) is 0 Å². The SMILES string of the molecule is N#Cc1ccc2c(c1)c1ccccc1n2-c1cc(-n2c3ccccc3c3ccccc32)nc(-n2c3ccccc3c3ccc4c(c5ccccc5n4-c4cccc([Si](c5ccccc5)(c5ccccc5)c5ccccc5)c4)c32)n1. The Morgan fingerprint density at radius 2 is 0.722 bits per heavy atom. The highest BCUT2D eigenvalue weighted by molar-refractivity contribution is 7.19. The molecular formula is C71H45N7Si. The summed E-state index contributed by atoms with van der Waals surface area (Å²) < 4.78 is 9.29. The van der Waals surface area contributed by atoms with Crippen LogP contribution in [0.1, 0.15) is 5.56 Å². The van der Waals surface area contributed by atoms with Gasteiger partial charge in [-0.25, -0.2) is 0 Å². The van der Waals surface area contributed by atoms with Crippen molar-refractivity contribution in [2.45, 2.75) is 0 Å². The molecule has 0 atom stereocenters. The molecule has 5 heterocycles. The summed E-state index contributed by atoms with van der Waals surface area (Å²) in [5.41, 5.74) is 9.94. The Labute approximate surface area is 455 Å². The summed E-state index contributed by atoms with van der Waals surface area (Å²) in [6.07, 6.45) is 0. The fourth-order valence-corrected chi connectivity index (χ4v) is 17.9. The molecule has 0 amide bonds. The van der Waals surface area contributed by atoms with E-state index in [1.54, 1.807) is 0 Å². The van der Waals surface area contributed by atoms with Crippen LogP contribution in [0.5, 0.6) is 0 Å². The summed E-state index contributed by atoms with van der Waals surface area (Å²) in [4.78, 5) is 11.5. The lowest BCUT2D eigenvalue weighted by molar-refractivity contribution is 0.919. The molecule has 0 fully saturated rings. The third-order valence-corrected chi connectivity index (χ3v) is 21.1. The lowest BCUT2D eigenvalue weighted by Crippen LogP contribution is -2.74. The van der Waals surface area contributed by atoms with E-state index in [0.717, 1.165) is 98.7 Å². The van der Waals surface area contributed by atoms with Gasteiger partial charge in [0.1, 0.15) is 11.6 Å². The second-order valence-corrected chi connectivity index (χ2v) is 24.2. The van der Waals surface area contributed by atoms with Gasteiger partial charge in [0.15, 0.2) is 8.07 Å². The van der Waals surface area contributed by atoms with E-state index in [9.17, 15) is 5.26 Å². The second-order valence-electron chi connectivity index (χ2n) is 20.4. The van der Waals surface area contributed by atoms with Gasteiger partial charge in [0.2, 0.25) is 5.95 Å². The monoisotopic (exact) mass is 1020 g/mol. The maximum Gasteiger partial charge on any atom is 0.238 e. The number of aromatic nitrogens is 6. The Bertz CT molecular complexity index is 5010. The molecule has 11 aromatic carbocycles. The molecule has 0 N–H and O–H groups in total. The van der Waals surface area contributed by atoms with Crippen LogP contribution in [0.4, 0.5) is 0 Å². The van der Waals surface area contributed by atoms with Gasteiger partial charge in [-0.2, -0.15) is 15.2 Å². The molecule has 0 saturated heterocycles. The molecule has 0 radical (unpaired) electrons. The molecule has 5 aromatic heterocycles. The molecule has 8 heteroatoms. The summed E-state index contributed by atoms with van der Waals surface area (Å²) in [6.45, 7) is 0. The number of fused-ring (bicyclic) bond motifs is 13. The number of benzene rings is 11. The minimum Gasteiger partial charge on any atom is -0.309 e. The summed E-state index contributed by atoms with van der Waals surface area (Å²) in [5.74, 6) is 1.98. The molecule has 7 nitrogen and oxygen atoms in total. The average molecular weight is 1020 g/mol. The quantitative estimate of drug-likeness (QED) is 0.112. The fraction of sp³-hybridized carbons (Fsp3) is 0. The first-order valence-electron chi connectivity index (χ1n) is 26.7. The zero-order chi connectivity index (χ0) is 52.2. The highest BCUT2D eigenvalue weighted by Gasteiger charge is 2.41. The van der Waals surface area contributed by atoms with Crippen molar-refractivity contribution in [3.63, 3.8) is 0 Å². The number of hydrogen-bond acceptors (Lipinski definition) is 3. The molecule has 0 aliphatic carbocycles. The average Bonchev–Trinajstić information content (AvgIpc) is 4.39. The Balaban J connectivity index is 1.01. The maximum atomic E-state index is 10.1. The minimum absolute atomic E-state index is 0.538. The van der Waals surface area contributed by atoms with Crippen LogP contribution in [0.2, 0.25) is 0 Å². The Hall–Kier alpha value is -10.6. The first-order chi connectivity index (χ1) is 39.2. The van der Waals surface area contributed by atoms with Gasteiger partial charge >= 0.3 is 0 Å². The summed E-state index contributed by atoms with van der Waals surface area (Å²) in [7, 11) is -2.88. The molecule has 0 aliphatic rings. The lowest BCUT2D eigenvalue weighted by atomic mass is 10.1. The molecule has 0 aliphatic heterocycles. The van der Waals surface area contributed by atoms with E-state index in [2.05, 4.69) is 285 Å². The van der Waals surface area contributed by atoms with Gasteiger partial charge in [0.05, 0.1) is 55.8 Å². The van der Waals surface area contributed by atoms with Crippen LogP contribution in [0, 0.1) is 11.3 Å². The van der Waals surface area contributed by atoms with E-state index in [1.165, 1.54) is 20.7 Å². The van der Waals surface area contributed by atoms with E-state index in [0.29, 0.717) is 17.3 Å². The number of hydrogen-bond donors (Lipinski definition) is 0.